The lowest BCUT2D eigenvalue weighted by Crippen LogP contribution is -2.39. The minimum absolute atomic E-state index is 0.0938. The van der Waals surface area contributed by atoms with Crippen molar-refractivity contribution in [3.63, 3.8) is 0 Å². The number of ether oxygens (including phenoxy) is 2. The molecule has 25 heavy (non-hydrogen) atoms. The Morgan fingerprint density at radius 1 is 1.32 bits per heavy atom. The third kappa shape index (κ3) is 3.30. The second kappa shape index (κ2) is 6.94. The van der Waals surface area contributed by atoms with Crippen LogP contribution in [0.5, 0.6) is 11.5 Å². The van der Waals surface area contributed by atoms with Crippen LogP contribution in [-0.4, -0.2) is 42.6 Å². The molecule has 136 valence electrons. The molecule has 3 rings (SSSR count). The zero-order valence-electron chi connectivity index (χ0n) is 14.8. The average Bonchev–Trinajstić information content (AvgIpc) is 2.91. The summed E-state index contributed by atoms with van der Waals surface area (Å²) < 4.78 is 10.6. The molecule has 6 heteroatoms. The number of carbonyl (C=O) groups is 2. The monoisotopic (exact) mass is 347 g/mol. The van der Waals surface area contributed by atoms with Crippen LogP contribution in [0.2, 0.25) is 0 Å². The molecule has 0 radical (unpaired) electrons. The van der Waals surface area contributed by atoms with Gasteiger partial charge in [0.05, 0.1) is 25.6 Å². The zero-order valence-corrected chi connectivity index (χ0v) is 14.8. The van der Waals surface area contributed by atoms with Crippen molar-refractivity contribution in [2.75, 3.05) is 20.8 Å². The van der Waals surface area contributed by atoms with Crippen LogP contribution in [0.15, 0.2) is 18.2 Å². The van der Waals surface area contributed by atoms with Crippen molar-refractivity contribution in [2.24, 2.45) is 11.3 Å². The van der Waals surface area contributed by atoms with E-state index in [1.54, 1.807) is 14.2 Å². The van der Waals surface area contributed by atoms with E-state index < -0.39 is 17.3 Å². The van der Waals surface area contributed by atoms with Crippen LogP contribution in [-0.2, 0) is 16.1 Å². The molecule has 2 atom stereocenters. The molecule has 2 fully saturated rings. The van der Waals surface area contributed by atoms with Gasteiger partial charge in [-0.05, 0) is 37.8 Å². The van der Waals surface area contributed by atoms with E-state index in [4.69, 9.17) is 9.47 Å². The fraction of sp³-hybridized carbons (Fsp3) is 0.579. The third-order valence-electron chi connectivity index (χ3n) is 5.65. The molecule has 1 heterocycles. The molecule has 1 spiro atoms. The first-order valence-corrected chi connectivity index (χ1v) is 8.72. The number of amides is 1. The molecular formula is C19H25NO5. The number of rotatable bonds is 5. The standard InChI is InChI=1S/C19H25NO5/c1-24-15-6-5-14(16(10-15)25-2)12-20-9-8-19(18(20)23)7-3-4-13(11-19)17(21)22/h5-6,10,13H,3-4,7-9,11-12H2,1-2H3,(H,21,22)/t13-,19-/m0/s1. The lowest BCUT2D eigenvalue weighted by atomic mass is 9.68. The quantitative estimate of drug-likeness (QED) is 0.886. The Morgan fingerprint density at radius 3 is 2.80 bits per heavy atom. The van der Waals surface area contributed by atoms with E-state index in [9.17, 15) is 14.7 Å². The molecule has 1 aliphatic carbocycles. The predicted octanol–water partition coefficient (Wildman–Crippen LogP) is 2.70. The van der Waals surface area contributed by atoms with Crippen molar-refractivity contribution in [1.82, 2.24) is 4.90 Å². The maximum absolute atomic E-state index is 13.0. The highest BCUT2D eigenvalue weighted by atomic mass is 16.5. The number of carboxylic acids is 1. The fourth-order valence-corrected chi connectivity index (χ4v) is 4.23. The smallest absolute Gasteiger partial charge is 0.306 e. The molecule has 1 saturated heterocycles. The molecule has 1 aliphatic heterocycles. The van der Waals surface area contributed by atoms with Crippen LogP contribution in [0.25, 0.3) is 0 Å². The van der Waals surface area contributed by atoms with Gasteiger partial charge in [0.25, 0.3) is 0 Å². The zero-order chi connectivity index (χ0) is 18.0. The van der Waals surface area contributed by atoms with Crippen LogP contribution in [0.3, 0.4) is 0 Å². The number of benzene rings is 1. The molecule has 1 N–H and O–H groups in total. The Bertz CT molecular complexity index is 674. The van der Waals surface area contributed by atoms with Gasteiger partial charge in [0.2, 0.25) is 5.91 Å². The Balaban J connectivity index is 1.75. The summed E-state index contributed by atoms with van der Waals surface area (Å²) in [6.07, 6.45) is 3.50. The number of methoxy groups -OCH3 is 2. The largest absolute Gasteiger partial charge is 0.497 e. The van der Waals surface area contributed by atoms with E-state index in [2.05, 4.69) is 0 Å². The number of carbonyl (C=O) groups excluding carboxylic acids is 1. The van der Waals surface area contributed by atoms with E-state index in [0.29, 0.717) is 37.4 Å². The highest BCUT2D eigenvalue weighted by Gasteiger charge is 2.50. The molecular weight excluding hydrogens is 322 g/mol. The number of carboxylic acid groups (broad SMARTS) is 1. The minimum Gasteiger partial charge on any atom is -0.497 e. The van der Waals surface area contributed by atoms with Crippen molar-refractivity contribution in [2.45, 2.75) is 38.6 Å². The molecule has 0 aromatic heterocycles. The summed E-state index contributed by atoms with van der Waals surface area (Å²) >= 11 is 0. The number of aliphatic carboxylic acids is 1. The Kier molecular flexibility index (Phi) is 4.88. The third-order valence-corrected chi connectivity index (χ3v) is 5.65. The molecule has 0 unspecified atom stereocenters. The summed E-state index contributed by atoms with van der Waals surface area (Å²) in [5.41, 5.74) is 0.445. The Labute approximate surface area is 147 Å². The van der Waals surface area contributed by atoms with Gasteiger partial charge in [0.1, 0.15) is 11.5 Å². The van der Waals surface area contributed by atoms with Crippen LogP contribution in [0, 0.1) is 11.3 Å². The summed E-state index contributed by atoms with van der Waals surface area (Å²) in [4.78, 5) is 26.3. The van der Waals surface area contributed by atoms with Crippen LogP contribution in [0.4, 0.5) is 0 Å². The van der Waals surface area contributed by atoms with Crippen LogP contribution in [0.1, 0.15) is 37.7 Å². The number of likely N-dealkylation sites (tertiary alicyclic amines) is 1. The fourth-order valence-electron chi connectivity index (χ4n) is 4.23. The lowest BCUT2D eigenvalue weighted by Gasteiger charge is -2.34. The van der Waals surface area contributed by atoms with Crippen molar-refractivity contribution < 1.29 is 24.2 Å². The normalized spacial score (nSPS) is 26.1. The molecule has 1 aromatic carbocycles. The second-order valence-corrected chi connectivity index (χ2v) is 7.07. The Morgan fingerprint density at radius 2 is 2.12 bits per heavy atom. The molecule has 0 bridgehead atoms. The highest BCUT2D eigenvalue weighted by Crippen LogP contribution is 2.47. The molecule has 1 aromatic rings. The van der Waals surface area contributed by atoms with Gasteiger partial charge in [-0.3, -0.25) is 9.59 Å². The topological polar surface area (TPSA) is 76.1 Å². The van der Waals surface area contributed by atoms with Gasteiger partial charge in [0, 0.05) is 24.7 Å². The first-order chi connectivity index (χ1) is 12.0. The second-order valence-electron chi connectivity index (χ2n) is 7.07. The van der Waals surface area contributed by atoms with E-state index in [0.717, 1.165) is 24.8 Å². The van der Waals surface area contributed by atoms with Gasteiger partial charge in [-0.2, -0.15) is 0 Å². The van der Waals surface area contributed by atoms with Gasteiger partial charge in [-0.25, -0.2) is 0 Å². The van der Waals surface area contributed by atoms with Crippen molar-refractivity contribution in [3.05, 3.63) is 23.8 Å². The SMILES string of the molecule is COc1ccc(CN2CC[C@]3(CCC[C@H](C(=O)O)C3)C2=O)c(OC)c1. The van der Waals surface area contributed by atoms with Crippen molar-refractivity contribution in [1.29, 1.82) is 0 Å². The summed E-state index contributed by atoms with van der Waals surface area (Å²) in [5.74, 6) is 0.327. The minimum atomic E-state index is -0.776. The first-order valence-electron chi connectivity index (χ1n) is 8.72. The number of hydrogen-bond donors (Lipinski definition) is 1. The maximum atomic E-state index is 13.0. The van der Waals surface area contributed by atoms with Gasteiger partial charge in [0.15, 0.2) is 0 Å². The predicted molar refractivity (Wildman–Crippen MR) is 91.6 cm³/mol. The van der Waals surface area contributed by atoms with Gasteiger partial charge in [-0.1, -0.05) is 6.42 Å². The molecule has 1 saturated carbocycles. The molecule has 6 nitrogen and oxygen atoms in total. The highest BCUT2D eigenvalue weighted by molar-refractivity contribution is 5.86. The van der Waals surface area contributed by atoms with E-state index in [-0.39, 0.29) is 5.91 Å². The summed E-state index contributed by atoms with van der Waals surface area (Å²) in [6.45, 7) is 1.14. The van der Waals surface area contributed by atoms with Gasteiger partial charge < -0.3 is 19.5 Å². The molecule has 1 amide bonds. The summed E-state index contributed by atoms with van der Waals surface area (Å²) in [7, 11) is 3.20. The average molecular weight is 347 g/mol. The van der Waals surface area contributed by atoms with Gasteiger partial charge >= 0.3 is 5.97 Å². The van der Waals surface area contributed by atoms with E-state index in [1.807, 2.05) is 23.1 Å². The molecule has 2 aliphatic rings. The maximum Gasteiger partial charge on any atom is 0.306 e. The van der Waals surface area contributed by atoms with E-state index in [1.165, 1.54) is 0 Å². The van der Waals surface area contributed by atoms with Crippen molar-refractivity contribution in [3.8, 4) is 11.5 Å². The number of hydrogen-bond acceptors (Lipinski definition) is 4. The summed E-state index contributed by atoms with van der Waals surface area (Å²) in [5, 5.41) is 9.33. The van der Waals surface area contributed by atoms with Crippen LogP contribution < -0.4 is 9.47 Å². The first kappa shape index (κ1) is 17.6. The van der Waals surface area contributed by atoms with Crippen molar-refractivity contribution >= 4 is 11.9 Å². The van der Waals surface area contributed by atoms with Crippen LogP contribution >= 0.6 is 0 Å². The number of nitrogens with zero attached hydrogens (tertiary/aromatic N) is 1. The Hall–Kier alpha value is -2.24. The lowest BCUT2D eigenvalue weighted by molar-refractivity contribution is -0.147. The van der Waals surface area contributed by atoms with Gasteiger partial charge in [-0.15, -0.1) is 0 Å². The summed E-state index contributed by atoms with van der Waals surface area (Å²) in [6, 6.07) is 5.58. The van der Waals surface area contributed by atoms with E-state index >= 15 is 0 Å².